The lowest BCUT2D eigenvalue weighted by molar-refractivity contribution is -0.0585. The molecule has 2 heterocycles. The van der Waals surface area contributed by atoms with Crippen LogP contribution in [-0.4, -0.2) is 43.2 Å². The monoisotopic (exact) mass is 295 g/mol. The lowest BCUT2D eigenvalue weighted by atomic mass is 10.2. The van der Waals surface area contributed by atoms with Crippen LogP contribution in [0.2, 0.25) is 0 Å². The second-order valence-electron chi connectivity index (χ2n) is 5.69. The van der Waals surface area contributed by atoms with Crippen molar-refractivity contribution in [2.24, 2.45) is 0 Å². The smallest absolute Gasteiger partial charge is 0.267 e. The topological polar surface area (TPSA) is 38.8 Å². The molecule has 5 heteroatoms. The van der Waals surface area contributed by atoms with Crippen LogP contribution in [0.5, 0.6) is 5.75 Å². The van der Waals surface area contributed by atoms with Crippen LogP contribution in [0.3, 0.4) is 0 Å². The van der Waals surface area contributed by atoms with Crippen LogP contribution in [0.1, 0.15) is 40.4 Å². The SMILES string of the molecule is COc1c(C(=O)N2CC(C)OC(C)C2)sc2c1CCC2. The molecule has 0 spiro atoms. The number of amides is 1. The van der Waals surface area contributed by atoms with Crippen molar-refractivity contribution in [1.29, 1.82) is 0 Å². The average molecular weight is 295 g/mol. The Morgan fingerprint density at radius 2 is 2.00 bits per heavy atom. The molecule has 3 rings (SSSR count). The molecule has 0 bridgehead atoms. The van der Waals surface area contributed by atoms with E-state index in [0.717, 1.165) is 23.5 Å². The summed E-state index contributed by atoms with van der Waals surface area (Å²) in [6, 6.07) is 0. The van der Waals surface area contributed by atoms with Crippen LogP contribution in [0, 0.1) is 0 Å². The zero-order valence-corrected chi connectivity index (χ0v) is 13.1. The maximum absolute atomic E-state index is 12.8. The van der Waals surface area contributed by atoms with Gasteiger partial charge in [-0.05, 0) is 33.1 Å². The first-order valence-corrected chi connectivity index (χ1v) is 8.05. The minimum absolute atomic E-state index is 0.0977. The fourth-order valence-corrected chi connectivity index (χ4v) is 4.55. The highest BCUT2D eigenvalue weighted by atomic mass is 32.1. The molecule has 1 fully saturated rings. The van der Waals surface area contributed by atoms with E-state index in [-0.39, 0.29) is 18.1 Å². The molecule has 0 N–H and O–H groups in total. The Morgan fingerprint density at radius 3 is 2.65 bits per heavy atom. The number of hydrogen-bond donors (Lipinski definition) is 0. The van der Waals surface area contributed by atoms with Crippen molar-refractivity contribution in [3.63, 3.8) is 0 Å². The molecule has 1 aliphatic heterocycles. The van der Waals surface area contributed by atoms with Crippen molar-refractivity contribution in [2.75, 3.05) is 20.2 Å². The van der Waals surface area contributed by atoms with Crippen molar-refractivity contribution in [3.8, 4) is 5.75 Å². The number of nitrogens with zero attached hydrogens (tertiary/aromatic N) is 1. The van der Waals surface area contributed by atoms with Crippen molar-refractivity contribution in [1.82, 2.24) is 4.90 Å². The fraction of sp³-hybridized carbons (Fsp3) is 0.667. The van der Waals surface area contributed by atoms with Gasteiger partial charge in [-0.1, -0.05) is 0 Å². The first-order valence-electron chi connectivity index (χ1n) is 7.23. The molecule has 2 atom stereocenters. The zero-order chi connectivity index (χ0) is 14.3. The molecule has 0 saturated carbocycles. The third kappa shape index (κ3) is 2.33. The summed E-state index contributed by atoms with van der Waals surface area (Å²) in [6.45, 7) is 5.35. The molecule has 1 aromatic rings. The predicted octanol–water partition coefficient (Wildman–Crippen LogP) is 2.49. The predicted molar refractivity (Wildman–Crippen MR) is 78.8 cm³/mol. The number of methoxy groups -OCH3 is 1. The lowest BCUT2D eigenvalue weighted by Gasteiger charge is -2.35. The summed E-state index contributed by atoms with van der Waals surface area (Å²) in [5.41, 5.74) is 1.26. The number of carbonyl (C=O) groups is 1. The molecule has 1 aliphatic carbocycles. The van der Waals surface area contributed by atoms with Gasteiger partial charge in [0.25, 0.3) is 5.91 Å². The Balaban J connectivity index is 1.87. The molecule has 2 aliphatic rings. The Kier molecular flexibility index (Phi) is 3.73. The first kappa shape index (κ1) is 13.9. The number of rotatable bonds is 2. The molecule has 110 valence electrons. The van der Waals surface area contributed by atoms with Crippen LogP contribution in [0.25, 0.3) is 0 Å². The van der Waals surface area contributed by atoms with Gasteiger partial charge in [0.2, 0.25) is 0 Å². The summed E-state index contributed by atoms with van der Waals surface area (Å²) in [6.07, 6.45) is 3.50. The number of thiophene rings is 1. The molecule has 1 aromatic heterocycles. The van der Waals surface area contributed by atoms with Gasteiger partial charge in [-0.15, -0.1) is 11.3 Å². The van der Waals surface area contributed by atoms with Crippen LogP contribution in [-0.2, 0) is 17.6 Å². The van der Waals surface area contributed by atoms with E-state index in [1.807, 2.05) is 18.7 Å². The van der Waals surface area contributed by atoms with E-state index in [9.17, 15) is 4.79 Å². The van der Waals surface area contributed by atoms with Gasteiger partial charge in [0, 0.05) is 23.5 Å². The maximum Gasteiger partial charge on any atom is 0.267 e. The summed E-state index contributed by atoms with van der Waals surface area (Å²) in [7, 11) is 1.67. The summed E-state index contributed by atoms with van der Waals surface area (Å²) in [5.74, 6) is 0.919. The second-order valence-corrected chi connectivity index (χ2v) is 6.79. The molecular formula is C15H21NO3S. The van der Waals surface area contributed by atoms with Gasteiger partial charge < -0.3 is 14.4 Å². The Bertz CT molecular complexity index is 515. The normalized spacial score (nSPS) is 25.6. The summed E-state index contributed by atoms with van der Waals surface area (Å²) >= 11 is 1.62. The summed E-state index contributed by atoms with van der Waals surface area (Å²) in [4.78, 5) is 16.8. The van der Waals surface area contributed by atoms with Gasteiger partial charge in [0.05, 0.1) is 19.3 Å². The van der Waals surface area contributed by atoms with E-state index in [1.165, 1.54) is 16.9 Å². The number of carbonyl (C=O) groups excluding carboxylic acids is 1. The van der Waals surface area contributed by atoms with E-state index >= 15 is 0 Å². The maximum atomic E-state index is 12.8. The molecule has 0 aromatic carbocycles. The minimum atomic E-state index is 0.0977. The quantitative estimate of drug-likeness (QED) is 0.841. The third-order valence-electron chi connectivity index (χ3n) is 3.98. The molecule has 20 heavy (non-hydrogen) atoms. The number of fused-ring (bicyclic) bond motifs is 1. The van der Waals surface area contributed by atoms with E-state index in [2.05, 4.69) is 0 Å². The number of aryl methyl sites for hydroxylation is 1. The van der Waals surface area contributed by atoms with Crippen LogP contribution < -0.4 is 4.74 Å². The van der Waals surface area contributed by atoms with E-state index in [0.29, 0.717) is 13.1 Å². The van der Waals surface area contributed by atoms with Crippen molar-refractivity contribution >= 4 is 17.2 Å². The number of hydrogen-bond acceptors (Lipinski definition) is 4. The number of morpholine rings is 1. The van der Waals surface area contributed by atoms with Crippen LogP contribution >= 0.6 is 11.3 Å². The third-order valence-corrected chi connectivity index (χ3v) is 5.24. The van der Waals surface area contributed by atoms with E-state index in [4.69, 9.17) is 9.47 Å². The molecular weight excluding hydrogens is 274 g/mol. The zero-order valence-electron chi connectivity index (χ0n) is 12.3. The van der Waals surface area contributed by atoms with E-state index < -0.39 is 0 Å². The summed E-state index contributed by atoms with van der Waals surface area (Å²) in [5, 5.41) is 0. The first-order chi connectivity index (χ1) is 9.60. The molecule has 0 radical (unpaired) electrons. The Hall–Kier alpha value is -1.07. The van der Waals surface area contributed by atoms with Gasteiger partial charge in [-0.25, -0.2) is 0 Å². The van der Waals surface area contributed by atoms with Crippen molar-refractivity contribution in [3.05, 3.63) is 15.3 Å². The number of ether oxygens (including phenoxy) is 2. The molecule has 2 unspecified atom stereocenters. The largest absolute Gasteiger partial charge is 0.495 e. The highest BCUT2D eigenvalue weighted by molar-refractivity contribution is 7.14. The second kappa shape index (κ2) is 5.37. The average Bonchev–Trinajstić information content (AvgIpc) is 2.96. The van der Waals surface area contributed by atoms with Crippen molar-refractivity contribution < 1.29 is 14.3 Å². The Labute approximate surface area is 123 Å². The molecule has 4 nitrogen and oxygen atoms in total. The molecule has 1 saturated heterocycles. The van der Waals surface area contributed by atoms with Gasteiger partial charge in [-0.3, -0.25) is 4.79 Å². The van der Waals surface area contributed by atoms with Crippen LogP contribution in [0.15, 0.2) is 0 Å². The van der Waals surface area contributed by atoms with Crippen molar-refractivity contribution in [2.45, 2.75) is 45.3 Å². The Morgan fingerprint density at radius 1 is 1.30 bits per heavy atom. The van der Waals surface area contributed by atoms with Gasteiger partial charge in [-0.2, -0.15) is 0 Å². The van der Waals surface area contributed by atoms with Crippen LogP contribution in [0.4, 0.5) is 0 Å². The highest BCUT2D eigenvalue weighted by Crippen LogP contribution is 2.41. The standard InChI is InChI=1S/C15H21NO3S/c1-9-7-16(8-10(2)19-9)15(17)14-13(18-3)11-5-4-6-12(11)20-14/h9-10H,4-8H2,1-3H3. The van der Waals surface area contributed by atoms with Gasteiger partial charge in [0.15, 0.2) is 0 Å². The highest BCUT2D eigenvalue weighted by Gasteiger charge is 2.32. The minimum Gasteiger partial charge on any atom is -0.495 e. The lowest BCUT2D eigenvalue weighted by Crippen LogP contribution is -2.48. The molecule has 1 amide bonds. The van der Waals surface area contributed by atoms with Gasteiger partial charge >= 0.3 is 0 Å². The summed E-state index contributed by atoms with van der Waals surface area (Å²) < 4.78 is 11.2. The fourth-order valence-electron chi connectivity index (χ4n) is 3.22. The van der Waals surface area contributed by atoms with E-state index in [1.54, 1.807) is 18.4 Å². The van der Waals surface area contributed by atoms with Gasteiger partial charge in [0.1, 0.15) is 10.6 Å².